The molecule has 4 nitrogen and oxygen atoms in total. The van der Waals surface area contributed by atoms with Gasteiger partial charge in [0.25, 0.3) is 5.91 Å². The van der Waals surface area contributed by atoms with E-state index < -0.39 is 0 Å². The van der Waals surface area contributed by atoms with Crippen molar-refractivity contribution in [1.82, 2.24) is 10.2 Å². The lowest BCUT2D eigenvalue weighted by Gasteiger charge is -2.39. The SMILES string of the molecule is CC1CN(C(C)CNC(=O)c2ccc(Br)cc2)CC(C)O1. The van der Waals surface area contributed by atoms with Crippen molar-refractivity contribution in [3.63, 3.8) is 0 Å². The number of hydrogen-bond acceptors (Lipinski definition) is 3. The lowest BCUT2D eigenvalue weighted by molar-refractivity contribution is -0.0778. The van der Waals surface area contributed by atoms with Gasteiger partial charge in [0.1, 0.15) is 0 Å². The van der Waals surface area contributed by atoms with Gasteiger partial charge in [-0.2, -0.15) is 0 Å². The molecule has 1 N–H and O–H groups in total. The van der Waals surface area contributed by atoms with E-state index in [1.165, 1.54) is 0 Å². The van der Waals surface area contributed by atoms with Gasteiger partial charge in [-0.05, 0) is 45.0 Å². The number of carbonyl (C=O) groups excluding carboxylic acids is 1. The van der Waals surface area contributed by atoms with Crippen molar-refractivity contribution in [3.05, 3.63) is 34.3 Å². The number of ether oxygens (including phenoxy) is 1. The Morgan fingerprint density at radius 1 is 1.33 bits per heavy atom. The highest BCUT2D eigenvalue weighted by molar-refractivity contribution is 9.10. The molecule has 0 saturated carbocycles. The van der Waals surface area contributed by atoms with Crippen LogP contribution in [0.3, 0.4) is 0 Å². The van der Waals surface area contributed by atoms with E-state index in [4.69, 9.17) is 4.74 Å². The van der Waals surface area contributed by atoms with Crippen molar-refractivity contribution in [3.8, 4) is 0 Å². The number of halogens is 1. The van der Waals surface area contributed by atoms with Crippen molar-refractivity contribution in [2.24, 2.45) is 0 Å². The van der Waals surface area contributed by atoms with Crippen LogP contribution in [-0.4, -0.2) is 48.7 Å². The second-order valence-electron chi connectivity index (χ2n) is 5.78. The van der Waals surface area contributed by atoms with Crippen molar-refractivity contribution in [2.45, 2.75) is 39.0 Å². The number of nitrogens with zero attached hydrogens (tertiary/aromatic N) is 1. The van der Waals surface area contributed by atoms with Crippen LogP contribution in [0.25, 0.3) is 0 Å². The maximum Gasteiger partial charge on any atom is 0.251 e. The summed E-state index contributed by atoms with van der Waals surface area (Å²) in [6.07, 6.45) is 0.497. The first-order valence-electron chi connectivity index (χ1n) is 7.39. The fourth-order valence-corrected chi connectivity index (χ4v) is 2.91. The summed E-state index contributed by atoms with van der Waals surface area (Å²) in [5, 5.41) is 3.01. The Bertz CT molecular complexity index is 468. The Balaban J connectivity index is 1.84. The minimum atomic E-state index is -0.0243. The standard InChI is InChI=1S/C16H23BrN2O2/c1-11(19-9-12(2)21-13(3)10-19)8-18-16(20)14-4-6-15(17)7-5-14/h4-7,11-13H,8-10H2,1-3H3,(H,18,20). The Hall–Kier alpha value is -0.910. The first-order chi connectivity index (χ1) is 9.95. The first-order valence-corrected chi connectivity index (χ1v) is 8.18. The molecule has 0 aliphatic carbocycles. The quantitative estimate of drug-likeness (QED) is 0.903. The molecule has 1 aliphatic rings. The third kappa shape index (κ3) is 4.80. The smallest absolute Gasteiger partial charge is 0.251 e. The minimum absolute atomic E-state index is 0.0243. The molecule has 1 aromatic rings. The molecule has 1 aromatic carbocycles. The van der Waals surface area contributed by atoms with Gasteiger partial charge < -0.3 is 10.1 Å². The summed E-state index contributed by atoms with van der Waals surface area (Å²) in [4.78, 5) is 14.5. The molecule has 2 rings (SSSR count). The maximum atomic E-state index is 12.1. The summed E-state index contributed by atoms with van der Waals surface area (Å²) >= 11 is 3.37. The average molecular weight is 355 g/mol. The molecule has 1 heterocycles. The van der Waals surface area contributed by atoms with E-state index in [9.17, 15) is 4.79 Å². The van der Waals surface area contributed by atoms with Gasteiger partial charge in [0.05, 0.1) is 12.2 Å². The van der Waals surface area contributed by atoms with Crippen molar-refractivity contribution >= 4 is 21.8 Å². The van der Waals surface area contributed by atoms with Crippen molar-refractivity contribution < 1.29 is 9.53 Å². The zero-order chi connectivity index (χ0) is 15.4. The highest BCUT2D eigenvalue weighted by Gasteiger charge is 2.25. The molecular weight excluding hydrogens is 332 g/mol. The third-order valence-electron chi connectivity index (χ3n) is 3.74. The molecule has 1 aliphatic heterocycles. The van der Waals surface area contributed by atoms with E-state index in [2.05, 4.69) is 46.9 Å². The van der Waals surface area contributed by atoms with E-state index >= 15 is 0 Å². The van der Waals surface area contributed by atoms with Crippen LogP contribution < -0.4 is 5.32 Å². The molecule has 5 heteroatoms. The van der Waals surface area contributed by atoms with Crippen LogP contribution in [0.4, 0.5) is 0 Å². The summed E-state index contributed by atoms with van der Waals surface area (Å²) in [7, 11) is 0. The van der Waals surface area contributed by atoms with E-state index in [1.807, 2.05) is 24.3 Å². The van der Waals surface area contributed by atoms with E-state index in [0.29, 0.717) is 18.2 Å². The predicted molar refractivity (Wildman–Crippen MR) is 87.5 cm³/mol. The number of rotatable bonds is 4. The molecule has 0 radical (unpaired) electrons. The molecule has 0 aromatic heterocycles. The zero-order valence-electron chi connectivity index (χ0n) is 12.8. The van der Waals surface area contributed by atoms with Gasteiger partial charge in [0.2, 0.25) is 0 Å². The third-order valence-corrected chi connectivity index (χ3v) is 4.26. The van der Waals surface area contributed by atoms with Crippen LogP contribution in [0.15, 0.2) is 28.7 Å². The van der Waals surface area contributed by atoms with Crippen molar-refractivity contribution in [1.29, 1.82) is 0 Å². The number of nitrogens with one attached hydrogen (secondary N) is 1. The van der Waals surface area contributed by atoms with Gasteiger partial charge in [-0.3, -0.25) is 9.69 Å². The number of morpholine rings is 1. The molecule has 1 fully saturated rings. The van der Waals surface area contributed by atoms with E-state index in [1.54, 1.807) is 0 Å². The average Bonchev–Trinajstić information content (AvgIpc) is 2.44. The minimum Gasteiger partial charge on any atom is -0.373 e. The molecule has 3 atom stereocenters. The van der Waals surface area contributed by atoms with Crippen LogP contribution in [0.1, 0.15) is 31.1 Å². The topological polar surface area (TPSA) is 41.6 Å². The van der Waals surface area contributed by atoms with Crippen molar-refractivity contribution in [2.75, 3.05) is 19.6 Å². The van der Waals surface area contributed by atoms with Gasteiger partial charge in [-0.25, -0.2) is 0 Å². The van der Waals surface area contributed by atoms with Crippen LogP contribution >= 0.6 is 15.9 Å². The summed E-state index contributed by atoms with van der Waals surface area (Å²) in [5.41, 5.74) is 0.689. The lowest BCUT2D eigenvalue weighted by atomic mass is 10.1. The molecule has 0 spiro atoms. The number of benzene rings is 1. The molecule has 1 saturated heterocycles. The largest absolute Gasteiger partial charge is 0.373 e. The highest BCUT2D eigenvalue weighted by Crippen LogP contribution is 2.14. The summed E-state index contributed by atoms with van der Waals surface area (Å²) < 4.78 is 6.71. The Kier molecular flexibility index (Phi) is 5.79. The number of hydrogen-bond donors (Lipinski definition) is 1. The molecular formula is C16H23BrN2O2. The Labute approximate surface area is 135 Å². The molecule has 116 valence electrons. The fraction of sp³-hybridized carbons (Fsp3) is 0.562. The highest BCUT2D eigenvalue weighted by atomic mass is 79.9. The maximum absolute atomic E-state index is 12.1. The van der Waals surface area contributed by atoms with Gasteiger partial charge >= 0.3 is 0 Å². The van der Waals surface area contributed by atoms with Gasteiger partial charge in [0.15, 0.2) is 0 Å². The monoisotopic (exact) mass is 354 g/mol. The number of carbonyl (C=O) groups is 1. The summed E-state index contributed by atoms with van der Waals surface area (Å²) in [6.45, 7) is 8.81. The Morgan fingerprint density at radius 3 is 2.48 bits per heavy atom. The van der Waals surface area contributed by atoms with E-state index in [-0.39, 0.29) is 18.1 Å². The normalized spacial score (nSPS) is 24.6. The zero-order valence-corrected chi connectivity index (χ0v) is 14.4. The van der Waals surface area contributed by atoms with Crippen LogP contribution in [0.5, 0.6) is 0 Å². The Morgan fingerprint density at radius 2 is 1.90 bits per heavy atom. The fourth-order valence-electron chi connectivity index (χ4n) is 2.65. The second-order valence-corrected chi connectivity index (χ2v) is 6.69. The molecule has 1 amide bonds. The van der Waals surface area contributed by atoms with Crippen LogP contribution in [-0.2, 0) is 4.74 Å². The van der Waals surface area contributed by atoms with E-state index in [0.717, 1.165) is 17.6 Å². The van der Waals surface area contributed by atoms with Gasteiger partial charge in [-0.1, -0.05) is 15.9 Å². The number of amides is 1. The predicted octanol–water partition coefficient (Wildman–Crippen LogP) is 2.68. The summed E-state index contributed by atoms with van der Waals surface area (Å²) in [6, 6.07) is 7.71. The van der Waals surface area contributed by atoms with Gasteiger partial charge in [0, 0.05) is 35.7 Å². The van der Waals surface area contributed by atoms with Crippen LogP contribution in [0.2, 0.25) is 0 Å². The molecule has 21 heavy (non-hydrogen) atoms. The lowest BCUT2D eigenvalue weighted by Crippen LogP contribution is -2.52. The second kappa shape index (κ2) is 7.38. The van der Waals surface area contributed by atoms with Gasteiger partial charge in [-0.15, -0.1) is 0 Å². The van der Waals surface area contributed by atoms with Crippen LogP contribution in [0, 0.1) is 0 Å². The summed E-state index contributed by atoms with van der Waals surface area (Å²) in [5.74, 6) is -0.0243. The molecule has 3 unspecified atom stereocenters. The first kappa shape index (κ1) is 16.5. The molecule has 0 bridgehead atoms.